The second-order valence-electron chi connectivity index (χ2n) is 11.2. The SMILES string of the molecule is CCCCCCCCCCCCc1ccccc1CCCCCCCCCCCCC(C)C. The zero-order valence-corrected chi connectivity index (χ0v) is 23.2. The number of hydrogen-bond acceptors (Lipinski definition) is 0. The van der Waals surface area contributed by atoms with E-state index in [9.17, 15) is 0 Å². The van der Waals surface area contributed by atoms with Gasteiger partial charge in [-0.2, -0.15) is 0 Å². The minimum atomic E-state index is 0.886. The molecule has 0 fully saturated rings. The summed E-state index contributed by atoms with van der Waals surface area (Å²) >= 11 is 0. The van der Waals surface area contributed by atoms with Crippen molar-refractivity contribution in [2.75, 3.05) is 0 Å². The highest BCUT2D eigenvalue weighted by Crippen LogP contribution is 2.18. The van der Waals surface area contributed by atoms with Crippen LogP contribution < -0.4 is 0 Å². The summed E-state index contributed by atoms with van der Waals surface area (Å²) in [6.07, 6.45) is 32.7. The van der Waals surface area contributed by atoms with Crippen LogP contribution >= 0.6 is 0 Å². The summed E-state index contributed by atoms with van der Waals surface area (Å²) in [7, 11) is 0. The summed E-state index contributed by atoms with van der Waals surface area (Å²) in [5.74, 6) is 0.886. The van der Waals surface area contributed by atoms with E-state index in [0.717, 1.165) is 5.92 Å². The average Bonchev–Trinajstić information content (AvgIpc) is 2.81. The third kappa shape index (κ3) is 19.2. The van der Waals surface area contributed by atoms with Crippen LogP contribution in [-0.4, -0.2) is 0 Å². The molecule has 0 amide bonds. The van der Waals surface area contributed by atoms with Crippen LogP contribution in [-0.2, 0) is 12.8 Å². The molecule has 0 saturated carbocycles. The van der Waals surface area contributed by atoms with E-state index in [1.165, 1.54) is 148 Å². The Morgan fingerprint density at radius 3 is 1.15 bits per heavy atom. The molecule has 0 N–H and O–H groups in total. The number of aryl methyl sites for hydroxylation is 2. The highest BCUT2D eigenvalue weighted by atomic mass is 14.1. The summed E-state index contributed by atoms with van der Waals surface area (Å²) in [5, 5.41) is 0. The Bertz CT molecular complexity index is 515. The van der Waals surface area contributed by atoms with Crippen LogP contribution in [0.3, 0.4) is 0 Å². The zero-order chi connectivity index (χ0) is 23.8. The van der Waals surface area contributed by atoms with Gasteiger partial charge in [0.25, 0.3) is 0 Å². The molecule has 1 aromatic rings. The molecule has 1 rings (SSSR count). The summed E-state index contributed by atoms with van der Waals surface area (Å²) in [6, 6.07) is 9.28. The van der Waals surface area contributed by atoms with E-state index < -0.39 is 0 Å². The Morgan fingerprint density at radius 1 is 0.455 bits per heavy atom. The molecule has 0 spiro atoms. The van der Waals surface area contributed by atoms with Gasteiger partial charge < -0.3 is 0 Å². The maximum atomic E-state index is 2.39. The van der Waals surface area contributed by atoms with E-state index in [0.29, 0.717) is 0 Å². The molecule has 0 nitrogen and oxygen atoms in total. The van der Waals surface area contributed by atoms with E-state index in [1.807, 2.05) is 0 Å². The van der Waals surface area contributed by atoms with E-state index >= 15 is 0 Å². The van der Waals surface area contributed by atoms with Crippen molar-refractivity contribution >= 4 is 0 Å². The van der Waals surface area contributed by atoms with Gasteiger partial charge in [-0.25, -0.2) is 0 Å². The van der Waals surface area contributed by atoms with Crippen molar-refractivity contribution in [2.24, 2.45) is 5.92 Å². The van der Waals surface area contributed by atoms with Crippen molar-refractivity contribution in [1.82, 2.24) is 0 Å². The highest BCUT2D eigenvalue weighted by molar-refractivity contribution is 5.27. The van der Waals surface area contributed by atoms with Crippen LogP contribution in [0.4, 0.5) is 0 Å². The number of hydrogen-bond donors (Lipinski definition) is 0. The molecule has 0 heteroatoms. The van der Waals surface area contributed by atoms with E-state index in [-0.39, 0.29) is 0 Å². The minimum Gasteiger partial charge on any atom is -0.0654 e. The van der Waals surface area contributed by atoms with Gasteiger partial charge >= 0.3 is 0 Å². The lowest BCUT2D eigenvalue weighted by Crippen LogP contribution is -1.95. The van der Waals surface area contributed by atoms with Crippen molar-refractivity contribution < 1.29 is 0 Å². The lowest BCUT2D eigenvalue weighted by molar-refractivity contribution is 0.504. The number of rotatable bonds is 24. The van der Waals surface area contributed by atoms with Crippen LogP contribution in [0.5, 0.6) is 0 Å². The Morgan fingerprint density at radius 2 is 0.788 bits per heavy atom. The first kappa shape index (κ1) is 30.3. The van der Waals surface area contributed by atoms with Gasteiger partial charge in [0.1, 0.15) is 0 Å². The fourth-order valence-corrected chi connectivity index (χ4v) is 5.13. The lowest BCUT2D eigenvalue weighted by atomic mass is 9.96. The summed E-state index contributed by atoms with van der Waals surface area (Å²) in [6.45, 7) is 6.99. The largest absolute Gasteiger partial charge is 0.0654 e. The van der Waals surface area contributed by atoms with Gasteiger partial charge in [0.15, 0.2) is 0 Å². The molecule has 0 bridgehead atoms. The molecule has 0 radical (unpaired) electrons. The fraction of sp³-hybridized carbons (Fsp3) is 0.818. The molecule has 192 valence electrons. The Balaban J connectivity index is 1.98. The second kappa shape index (κ2) is 23.0. The van der Waals surface area contributed by atoms with Crippen molar-refractivity contribution in [3.8, 4) is 0 Å². The topological polar surface area (TPSA) is 0 Å². The standard InChI is InChI=1S/C33H60/c1-4-5-6-7-8-9-13-16-19-22-27-32-29-24-25-30-33(32)28-23-20-17-14-11-10-12-15-18-21-26-31(2)3/h24-25,29-31H,4-23,26-28H2,1-3H3. The first-order valence-electron chi connectivity index (χ1n) is 15.3. The average molecular weight is 457 g/mol. The Hall–Kier alpha value is -0.780. The summed E-state index contributed by atoms with van der Waals surface area (Å²) < 4.78 is 0. The molecular weight excluding hydrogens is 396 g/mol. The van der Waals surface area contributed by atoms with Crippen LogP contribution in [0.2, 0.25) is 0 Å². The van der Waals surface area contributed by atoms with Gasteiger partial charge in [-0.05, 0) is 42.7 Å². The maximum absolute atomic E-state index is 2.39. The Kier molecular flexibility index (Phi) is 21.1. The molecular formula is C33H60. The lowest BCUT2D eigenvalue weighted by Gasteiger charge is -2.10. The molecule has 0 heterocycles. The van der Waals surface area contributed by atoms with Gasteiger partial charge in [-0.1, -0.05) is 167 Å². The van der Waals surface area contributed by atoms with Gasteiger partial charge in [0, 0.05) is 0 Å². The third-order valence-electron chi connectivity index (χ3n) is 7.40. The molecule has 0 unspecified atom stereocenters. The van der Waals surface area contributed by atoms with Crippen molar-refractivity contribution in [3.05, 3.63) is 35.4 Å². The monoisotopic (exact) mass is 456 g/mol. The number of unbranched alkanes of at least 4 members (excludes halogenated alkanes) is 18. The van der Waals surface area contributed by atoms with Crippen LogP contribution in [0.25, 0.3) is 0 Å². The van der Waals surface area contributed by atoms with Crippen LogP contribution in [0.1, 0.15) is 167 Å². The fourth-order valence-electron chi connectivity index (χ4n) is 5.13. The van der Waals surface area contributed by atoms with Crippen molar-refractivity contribution in [2.45, 2.75) is 168 Å². The first-order chi connectivity index (χ1) is 16.2. The summed E-state index contributed by atoms with van der Waals surface area (Å²) in [4.78, 5) is 0. The minimum absolute atomic E-state index is 0.886. The molecule has 1 aromatic carbocycles. The smallest absolute Gasteiger partial charge is 0.0276 e. The molecule has 0 saturated heterocycles. The van der Waals surface area contributed by atoms with E-state index in [1.54, 1.807) is 11.1 Å². The normalized spacial score (nSPS) is 11.5. The third-order valence-corrected chi connectivity index (χ3v) is 7.40. The molecule has 0 aliphatic carbocycles. The van der Waals surface area contributed by atoms with Gasteiger partial charge in [0.05, 0.1) is 0 Å². The zero-order valence-electron chi connectivity index (χ0n) is 23.2. The summed E-state index contributed by atoms with van der Waals surface area (Å²) in [5.41, 5.74) is 3.27. The molecule has 33 heavy (non-hydrogen) atoms. The number of benzene rings is 1. The van der Waals surface area contributed by atoms with E-state index in [4.69, 9.17) is 0 Å². The van der Waals surface area contributed by atoms with Crippen LogP contribution in [0, 0.1) is 5.92 Å². The quantitative estimate of drug-likeness (QED) is 0.136. The predicted octanol–water partition coefficient (Wildman–Crippen LogP) is 11.6. The molecule has 0 aromatic heterocycles. The van der Waals surface area contributed by atoms with Crippen LogP contribution in [0.15, 0.2) is 24.3 Å². The Labute approximate surface area is 209 Å². The van der Waals surface area contributed by atoms with Gasteiger partial charge in [0.2, 0.25) is 0 Å². The molecule has 0 atom stereocenters. The first-order valence-corrected chi connectivity index (χ1v) is 15.3. The van der Waals surface area contributed by atoms with Crippen molar-refractivity contribution in [3.63, 3.8) is 0 Å². The van der Waals surface area contributed by atoms with Gasteiger partial charge in [-0.3, -0.25) is 0 Å². The van der Waals surface area contributed by atoms with Crippen molar-refractivity contribution in [1.29, 1.82) is 0 Å². The second-order valence-corrected chi connectivity index (χ2v) is 11.2. The molecule has 0 aliphatic rings. The molecule has 0 aliphatic heterocycles. The maximum Gasteiger partial charge on any atom is -0.0276 e. The van der Waals surface area contributed by atoms with E-state index in [2.05, 4.69) is 45.0 Å². The predicted molar refractivity (Wildman–Crippen MR) is 151 cm³/mol. The van der Waals surface area contributed by atoms with Gasteiger partial charge in [-0.15, -0.1) is 0 Å². The highest BCUT2D eigenvalue weighted by Gasteiger charge is 2.03.